The first-order chi connectivity index (χ1) is 22.6. The minimum absolute atomic E-state index is 0.0560. The SMILES string of the molecule is O=C(CCc1ccccc1)NC(CS(=O)(=O)Cc1ccccc1)C(=O)N1CCCC2OCC(=O)C21.O=C(O)c1cc2ccccc2s1. The number of amides is 2. The Morgan fingerprint density at radius 2 is 1.62 bits per heavy atom. The Kier molecular flexibility index (Phi) is 11.2. The van der Waals surface area contributed by atoms with Crippen LogP contribution >= 0.6 is 11.3 Å². The zero-order valence-electron chi connectivity index (χ0n) is 25.6. The van der Waals surface area contributed by atoms with Crippen LogP contribution in [0.3, 0.4) is 0 Å². The van der Waals surface area contributed by atoms with Gasteiger partial charge in [0.25, 0.3) is 0 Å². The van der Waals surface area contributed by atoms with Crippen LogP contribution in [0.4, 0.5) is 0 Å². The van der Waals surface area contributed by atoms with Crippen LogP contribution in [0.15, 0.2) is 91.0 Å². The number of Topliss-reactive ketones (excluding diaryl/α,β-unsaturated/α-hetero) is 1. The molecular formula is C35H36N2O8S2. The maximum absolute atomic E-state index is 13.6. The van der Waals surface area contributed by atoms with Gasteiger partial charge in [0.15, 0.2) is 15.6 Å². The fraction of sp³-hybridized carbons (Fsp3) is 0.314. The molecule has 12 heteroatoms. The van der Waals surface area contributed by atoms with Crippen molar-refractivity contribution in [3.63, 3.8) is 0 Å². The Morgan fingerprint density at radius 1 is 0.957 bits per heavy atom. The number of ether oxygens (including phenoxy) is 1. The van der Waals surface area contributed by atoms with Crippen LogP contribution in [-0.2, 0) is 41.1 Å². The second kappa shape index (κ2) is 15.5. The molecule has 2 aliphatic rings. The highest BCUT2D eigenvalue weighted by Gasteiger charge is 2.46. The number of nitrogens with zero attached hydrogens (tertiary/aromatic N) is 1. The summed E-state index contributed by atoms with van der Waals surface area (Å²) < 4.78 is 32.6. The lowest BCUT2D eigenvalue weighted by molar-refractivity contribution is -0.143. The van der Waals surface area contributed by atoms with Crippen LogP contribution in [-0.4, -0.2) is 79.1 Å². The third-order valence-electron chi connectivity index (χ3n) is 8.03. The van der Waals surface area contributed by atoms with Crippen LogP contribution in [0.25, 0.3) is 10.1 Å². The van der Waals surface area contributed by atoms with Gasteiger partial charge in [-0.3, -0.25) is 14.4 Å². The van der Waals surface area contributed by atoms with E-state index in [1.807, 2.05) is 54.6 Å². The molecule has 3 heterocycles. The molecule has 47 heavy (non-hydrogen) atoms. The Hall–Kier alpha value is -4.39. The predicted octanol–water partition coefficient (Wildman–Crippen LogP) is 4.28. The van der Waals surface area contributed by atoms with Gasteiger partial charge < -0.3 is 20.1 Å². The van der Waals surface area contributed by atoms with E-state index in [1.165, 1.54) is 16.2 Å². The number of ketones is 1. The standard InChI is InChI=1S/C26H30N2O6S.C9H6O2S/c29-22-16-34-23-12-7-15-28(25(22)23)26(31)21(18-35(32,33)17-20-10-5-2-6-11-20)27-24(30)14-13-19-8-3-1-4-9-19;10-9(11)8-5-6-3-1-2-4-7(6)12-8/h1-6,8-11,21,23,25H,7,12-18H2,(H,27,30);1-5H,(H,10,11). The molecular weight excluding hydrogens is 641 g/mol. The van der Waals surface area contributed by atoms with Gasteiger partial charge in [0.2, 0.25) is 11.8 Å². The Morgan fingerprint density at radius 3 is 2.30 bits per heavy atom. The summed E-state index contributed by atoms with van der Waals surface area (Å²) in [5.41, 5.74) is 1.57. The number of rotatable bonds is 10. The summed E-state index contributed by atoms with van der Waals surface area (Å²) in [7, 11) is -3.74. The second-order valence-electron chi connectivity index (χ2n) is 11.5. The first-order valence-corrected chi connectivity index (χ1v) is 18.0. The van der Waals surface area contributed by atoms with Crippen LogP contribution < -0.4 is 5.32 Å². The monoisotopic (exact) mass is 676 g/mol. The average Bonchev–Trinajstić information content (AvgIpc) is 3.68. The topological polar surface area (TPSA) is 147 Å². The number of fused-ring (bicyclic) bond motifs is 2. The van der Waals surface area contributed by atoms with Crippen LogP contribution in [0, 0.1) is 0 Å². The summed E-state index contributed by atoms with van der Waals surface area (Å²) in [6.45, 7) is 0.268. The van der Waals surface area contributed by atoms with E-state index in [0.29, 0.717) is 36.2 Å². The quantitative estimate of drug-likeness (QED) is 0.253. The number of nitrogens with one attached hydrogen (secondary N) is 1. The molecule has 2 amide bonds. The molecule has 0 bridgehead atoms. The van der Waals surface area contributed by atoms with E-state index in [0.717, 1.165) is 15.6 Å². The predicted molar refractivity (Wildman–Crippen MR) is 179 cm³/mol. The highest BCUT2D eigenvalue weighted by atomic mass is 32.2. The van der Waals surface area contributed by atoms with Crippen molar-refractivity contribution < 1.29 is 37.4 Å². The third-order valence-corrected chi connectivity index (χ3v) is 10.7. The number of carboxylic acids is 1. The summed E-state index contributed by atoms with van der Waals surface area (Å²) in [5.74, 6) is -2.79. The zero-order chi connectivity index (χ0) is 33.4. The van der Waals surface area contributed by atoms with Gasteiger partial charge in [-0.2, -0.15) is 0 Å². The van der Waals surface area contributed by atoms with Gasteiger partial charge in [-0.1, -0.05) is 78.9 Å². The summed E-state index contributed by atoms with van der Waals surface area (Å²) >= 11 is 1.31. The minimum Gasteiger partial charge on any atom is -0.477 e. The molecule has 6 rings (SSSR count). The highest BCUT2D eigenvalue weighted by molar-refractivity contribution is 7.90. The van der Waals surface area contributed by atoms with Crippen molar-refractivity contribution in [1.82, 2.24) is 10.2 Å². The number of carbonyl (C=O) groups excluding carboxylic acids is 3. The number of carboxylic acid groups (broad SMARTS) is 1. The first-order valence-electron chi connectivity index (χ1n) is 15.3. The molecule has 1 aromatic heterocycles. The molecule has 4 aromatic rings. The van der Waals surface area contributed by atoms with E-state index < -0.39 is 45.5 Å². The number of thiophene rings is 1. The van der Waals surface area contributed by atoms with Crippen molar-refractivity contribution in [3.8, 4) is 0 Å². The maximum atomic E-state index is 13.6. The van der Waals surface area contributed by atoms with E-state index in [4.69, 9.17) is 9.84 Å². The molecule has 2 fully saturated rings. The molecule has 0 spiro atoms. The van der Waals surface area contributed by atoms with Crippen molar-refractivity contribution in [2.75, 3.05) is 18.9 Å². The Labute approximate surface area is 277 Å². The number of likely N-dealkylation sites (tertiary alicyclic amines) is 1. The van der Waals surface area contributed by atoms with E-state index in [2.05, 4.69) is 5.32 Å². The summed E-state index contributed by atoms with van der Waals surface area (Å²) in [5, 5.41) is 12.4. The van der Waals surface area contributed by atoms with Gasteiger partial charge in [-0.05, 0) is 47.9 Å². The molecule has 3 aromatic carbocycles. The number of aryl methyl sites for hydroxylation is 1. The fourth-order valence-corrected chi connectivity index (χ4v) is 8.26. The Balaban J connectivity index is 0.000000301. The van der Waals surface area contributed by atoms with Crippen molar-refractivity contribution in [1.29, 1.82) is 0 Å². The normalized spacial score (nSPS) is 18.1. The molecule has 3 unspecified atom stereocenters. The Bertz CT molecular complexity index is 1790. The lowest BCUT2D eigenvalue weighted by Crippen LogP contribution is -2.59. The largest absolute Gasteiger partial charge is 0.477 e. The maximum Gasteiger partial charge on any atom is 0.345 e. The van der Waals surface area contributed by atoms with E-state index >= 15 is 0 Å². The van der Waals surface area contributed by atoms with Gasteiger partial charge >= 0.3 is 5.97 Å². The molecule has 0 aliphatic carbocycles. The number of aromatic carboxylic acids is 1. The number of hydrogen-bond acceptors (Lipinski definition) is 8. The van der Waals surface area contributed by atoms with Crippen molar-refractivity contribution >= 4 is 54.8 Å². The lowest BCUT2D eigenvalue weighted by Gasteiger charge is -2.37. The molecule has 246 valence electrons. The third kappa shape index (κ3) is 9.12. The number of piperidine rings is 1. The van der Waals surface area contributed by atoms with Gasteiger partial charge in [-0.15, -0.1) is 11.3 Å². The smallest absolute Gasteiger partial charge is 0.345 e. The van der Waals surface area contributed by atoms with Crippen LogP contribution in [0.2, 0.25) is 0 Å². The minimum atomic E-state index is -3.74. The number of sulfone groups is 1. The van der Waals surface area contributed by atoms with Crippen LogP contribution in [0.5, 0.6) is 0 Å². The molecule has 2 saturated heterocycles. The number of carbonyl (C=O) groups is 4. The van der Waals surface area contributed by atoms with Gasteiger partial charge in [0.05, 0.1) is 17.6 Å². The van der Waals surface area contributed by atoms with Crippen molar-refractivity contribution in [2.45, 2.75) is 49.6 Å². The van der Waals surface area contributed by atoms with E-state index in [9.17, 15) is 27.6 Å². The zero-order valence-corrected chi connectivity index (χ0v) is 27.3. The number of benzene rings is 3. The van der Waals surface area contributed by atoms with Gasteiger partial charge in [0.1, 0.15) is 23.6 Å². The lowest BCUT2D eigenvalue weighted by atomic mass is 9.97. The first kappa shape index (κ1) is 34.0. The molecule has 3 atom stereocenters. The fourth-order valence-electron chi connectivity index (χ4n) is 5.81. The summed E-state index contributed by atoms with van der Waals surface area (Å²) in [6.07, 6.45) is 1.51. The van der Waals surface area contributed by atoms with Gasteiger partial charge in [0, 0.05) is 17.7 Å². The molecule has 2 N–H and O–H groups in total. The molecule has 0 saturated carbocycles. The summed E-state index contributed by atoms with van der Waals surface area (Å²) in [6, 6.07) is 25.5. The molecule has 2 aliphatic heterocycles. The summed E-state index contributed by atoms with van der Waals surface area (Å²) in [4.78, 5) is 51.2. The van der Waals surface area contributed by atoms with Crippen LogP contribution in [0.1, 0.15) is 40.1 Å². The highest BCUT2D eigenvalue weighted by Crippen LogP contribution is 2.27. The van der Waals surface area contributed by atoms with Crippen molar-refractivity contribution in [3.05, 3.63) is 107 Å². The average molecular weight is 677 g/mol. The second-order valence-corrected chi connectivity index (χ2v) is 14.7. The van der Waals surface area contributed by atoms with Crippen molar-refractivity contribution in [2.24, 2.45) is 0 Å². The van der Waals surface area contributed by atoms with E-state index in [1.54, 1.807) is 36.4 Å². The van der Waals surface area contributed by atoms with Gasteiger partial charge in [-0.25, -0.2) is 13.2 Å². The van der Waals surface area contributed by atoms with E-state index in [-0.39, 0.29) is 30.7 Å². The number of hydrogen-bond donors (Lipinski definition) is 2. The molecule has 0 radical (unpaired) electrons. The molecule has 10 nitrogen and oxygen atoms in total.